The van der Waals surface area contributed by atoms with Gasteiger partial charge in [0.1, 0.15) is 0 Å². The molecule has 16 heavy (non-hydrogen) atoms. The van der Waals surface area contributed by atoms with Gasteiger partial charge in [0, 0.05) is 20.3 Å². The van der Waals surface area contributed by atoms with E-state index in [1.807, 2.05) is 20.8 Å². The van der Waals surface area contributed by atoms with Crippen LogP contribution in [0, 0.1) is 0 Å². The lowest BCUT2D eigenvalue weighted by molar-refractivity contribution is -0.126. The van der Waals surface area contributed by atoms with Crippen molar-refractivity contribution in [3.05, 3.63) is 0 Å². The second-order valence-corrected chi connectivity index (χ2v) is 4.46. The third-order valence-electron chi connectivity index (χ3n) is 2.50. The van der Waals surface area contributed by atoms with Gasteiger partial charge < -0.3 is 15.4 Å². The zero-order chi connectivity index (χ0) is 12.4. The third-order valence-corrected chi connectivity index (χ3v) is 2.50. The smallest absolute Gasteiger partial charge is 0.239 e. The van der Waals surface area contributed by atoms with Crippen LogP contribution in [0.4, 0.5) is 0 Å². The number of rotatable bonds is 9. The van der Waals surface area contributed by atoms with Crippen molar-refractivity contribution >= 4 is 5.91 Å². The van der Waals surface area contributed by atoms with E-state index < -0.39 is 5.54 Å². The van der Waals surface area contributed by atoms with Crippen molar-refractivity contribution in [3.63, 3.8) is 0 Å². The molecule has 0 aromatic heterocycles. The molecule has 2 N–H and O–H groups in total. The Kier molecular flexibility index (Phi) is 8.21. The Morgan fingerprint density at radius 2 is 1.94 bits per heavy atom. The summed E-state index contributed by atoms with van der Waals surface area (Å²) in [5.74, 6) is 0.0705. The minimum Gasteiger partial charge on any atom is -0.385 e. The van der Waals surface area contributed by atoms with Gasteiger partial charge in [-0.15, -0.1) is 0 Å². The highest BCUT2D eigenvalue weighted by Crippen LogP contribution is 2.01. The van der Waals surface area contributed by atoms with Gasteiger partial charge in [0.05, 0.1) is 5.54 Å². The zero-order valence-electron chi connectivity index (χ0n) is 11.1. The fourth-order valence-electron chi connectivity index (χ4n) is 1.49. The van der Waals surface area contributed by atoms with E-state index in [2.05, 4.69) is 10.6 Å². The monoisotopic (exact) mass is 230 g/mol. The minimum absolute atomic E-state index is 0.0705. The predicted molar refractivity (Wildman–Crippen MR) is 66.5 cm³/mol. The highest BCUT2D eigenvalue weighted by Gasteiger charge is 2.25. The summed E-state index contributed by atoms with van der Waals surface area (Å²) in [6.45, 7) is 8.15. The number of unbranched alkanes of at least 4 members (excludes halogenated alkanes) is 2. The third kappa shape index (κ3) is 6.80. The van der Waals surface area contributed by atoms with Crippen LogP contribution in [0.5, 0.6) is 0 Å². The van der Waals surface area contributed by atoms with E-state index in [1.54, 1.807) is 7.11 Å². The SMILES string of the molecule is CCNC(C)(C)C(=O)NCCCCCOC. The van der Waals surface area contributed by atoms with Crippen LogP contribution < -0.4 is 10.6 Å². The summed E-state index contributed by atoms with van der Waals surface area (Å²) >= 11 is 0. The van der Waals surface area contributed by atoms with Crippen LogP contribution in [0.1, 0.15) is 40.0 Å². The highest BCUT2D eigenvalue weighted by molar-refractivity contribution is 5.85. The summed E-state index contributed by atoms with van der Waals surface area (Å²) in [6.07, 6.45) is 3.16. The van der Waals surface area contributed by atoms with Gasteiger partial charge in [0.25, 0.3) is 0 Å². The first kappa shape index (κ1) is 15.4. The maximum atomic E-state index is 11.7. The van der Waals surface area contributed by atoms with E-state index in [9.17, 15) is 4.79 Å². The number of amides is 1. The molecule has 0 atom stereocenters. The topological polar surface area (TPSA) is 50.4 Å². The molecule has 0 aromatic rings. The first-order valence-corrected chi connectivity index (χ1v) is 6.07. The van der Waals surface area contributed by atoms with Gasteiger partial charge in [0.15, 0.2) is 0 Å². The second kappa shape index (κ2) is 8.53. The van der Waals surface area contributed by atoms with E-state index in [0.717, 1.165) is 39.0 Å². The first-order chi connectivity index (χ1) is 7.54. The maximum absolute atomic E-state index is 11.7. The Morgan fingerprint density at radius 3 is 2.50 bits per heavy atom. The Morgan fingerprint density at radius 1 is 1.25 bits per heavy atom. The van der Waals surface area contributed by atoms with Crippen LogP contribution >= 0.6 is 0 Å². The van der Waals surface area contributed by atoms with Crippen molar-refractivity contribution in [1.82, 2.24) is 10.6 Å². The summed E-state index contributed by atoms with van der Waals surface area (Å²) in [4.78, 5) is 11.7. The van der Waals surface area contributed by atoms with E-state index in [1.165, 1.54) is 0 Å². The van der Waals surface area contributed by atoms with Crippen LogP contribution in [0.3, 0.4) is 0 Å². The molecule has 0 bridgehead atoms. The van der Waals surface area contributed by atoms with Gasteiger partial charge in [-0.1, -0.05) is 6.92 Å². The van der Waals surface area contributed by atoms with Crippen LogP contribution in [0.15, 0.2) is 0 Å². The molecule has 96 valence electrons. The summed E-state index contributed by atoms with van der Waals surface area (Å²) in [6, 6.07) is 0. The van der Waals surface area contributed by atoms with Gasteiger partial charge in [-0.05, 0) is 39.7 Å². The minimum atomic E-state index is -0.471. The zero-order valence-corrected chi connectivity index (χ0v) is 11.1. The Balaban J connectivity index is 3.57. The number of methoxy groups -OCH3 is 1. The lowest BCUT2D eigenvalue weighted by Gasteiger charge is -2.24. The average Bonchev–Trinajstić information content (AvgIpc) is 2.22. The molecule has 0 spiro atoms. The first-order valence-electron chi connectivity index (χ1n) is 6.07. The summed E-state index contributed by atoms with van der Waals surface area (Å²) < 4.78 is 4.96. The Bertz CT molecular complexity index is 193. The highest BCUT2D eigenvalue weighted by atomic mass is 16.5. The predicted octanol–water partition coefficient (Wildman–Crippen LogP) is 1.31. The fourth-order valence-corrected chi connectivity index (χ4v) is 1.49. The number of hydrogen-bond donors (Lipinski definition) is 2. The quantitative estimate of drug-likeness (QED) is 0.587. The summed E-state index contributed by atoms with van der Waals surface area (Å²) in [5.41, 5.74) is -0.471. The molecule has 0 saturated carbocycles. The number of carbonyl (C=O) groups excluding carboxylic acids is 1. The van der Waals surface area contributed by atoms with Gasteiger partial charge in [-0.2, -0.15) is 0 Å². The normalized spacial score (nSPS) is 11.5. The van der Waals surface area contributed by atoms with Crippen molar-refractivity contribution in [1.29, 1.82) is 0 Å². The van der Waals surface area contributed by atoms with E-state index >= 15 is 0 Å². The number of hydrogen-bond acceptors (Lipinski definition) is 3. The lowest BCUT2D eigenvalue weighted by atomic mass is 10.0. The van der Waals surface area contributed by atoms with Gasteiger partial charge >= 0.3 is 0 Å². The van der Waals surface area contributed by atoms with Crippen molar-refractivity contribution in [2.24, 2.45) is 0 Å². The van der Waals surface area contributed by atoms with Crippen molar-refractivity contribution in [3.8, 4) is 0 Å². The van der Waals surface area contributed by atoms with Crippen LogP contribution in [-0.4, -0.2) is 38.3 Å². The Labute approximate surface area is 99.1 Å². The summed E-state index contributed by atoms with van der Waals surface area (Å²) in [7, 11) is 1.71. The molecule has 0 aliphatic rings. The van der Waals surface area contributed by atoms with Crippen molar-refractivity contribution < 1.29 is 9.53 Å². The number of nitrogens with one attached hydrogen (secondary N) is 2. The molecular weight excluding hydrogens is 204 g/mol. The molecule has 0 rings (SSSR count). The Hall–Kier alpha value is -0.610. The molecule has 0 aliphatic heterocycles. The largest absolute Gasteiger partial charge is 0.385 e. The lowest BCUT2D eigenvalue weighted by Crippen LogP contribution is -2.52. The molecule has 4 nitrogen and oxygen atoms in total. The van der Waals surface area contributed by atoms with E-state index in [0.29, 0.717) is 0 Å². The molecule has 0 unspecified atom stereocenters. The summed E-state index contributed by atoms with van der Waals surface area (Å²) in [5, 5.41) is 6.09. The molecule has 4 heteroatoms. The maximum Gasteiger partial charge on any atom is 0.239 e. The van der Waals surface area contributed by atoms with E-state index in [-0.39, 0.29) is 5.91 Å². The van der Waals surface area contributed by atoms with Crippen molar-refractivity contribution in [2.45, 2.75) is 45.6 Å². The second-order valence-electron chi connectivity index (χ2n) is 4.46. The molecular formula is C12H26N2O2. The molecule has 0 saturated heterocycles. The van der Waals surface area contributed by atoms with Gasteiger partial charge in [-0.25, -0.2) is 0 Å². The van der Waals surface area contributed by atoms with Crippen LogP contribution in [-0.2, 0) is 9.53 Å². The van der Waals surface area contributed by atoms with E-state index in [4.69, 9.17) is 4.74 Å². The number of ether oxygens (including phenoxy) is 1. The molecule has 0 aliphatic carbocycles. The average molecular weight is 230 g/mol. The van der Waals surface area contributed by atoms with Crippen LogP contribution in [0.25, 0.3) is 0 Å². The number of likely N-dealkylation sites (N-methyl/N-ethyl adjacent to an activating group) is 1. The molecule has 0 radical (unpaired) electrons. The van der Waals surface area contributed by atoms with Crippen molar-refractivity contribution in [2.75, 3.05) is 26.8 Å². The fraction of sp³-hybridized carbons (Fsp3) is 0.917. The number of carbonyl (C=O) groups is 1. The van der Waals surface area contributed by atoms with Crippen LogP contribution in [0.2, 0.25) is 0 Å². The van der Waals surface area contributed by atoms with Gasteiger partial charge in [-0.3, -0.25) is 4.79 Å². The molecule has 1 amide bonds. The molecule has 0 aromatic carbocycles. The van der Waals surface area contributed by atoms with Gasteiger partial charge in [0.2, 0.25) is 5.91 Å². The molecule has 0 heterocycles. The standard InChI is InChI=1S/C12H26N2O2/c1-5-14-12(2,3)11(15)13-9-7-6-8-10-16-4/h14H,5-10H2,1-4H3,(H,13,15). The molecule has 0 fully saturated rings.